The third-order valence-electron chi connectivity index (χ3n) is 6.98. The lowest BCUT2D eigenvalue weighted by Crippen LogP contribution is -2.21. The van der Waals surface area contributed by atoms with Crippen LogP contribution in [-0.4, -0.2) is 26.2 Å². The van der Waals surface area contributed by atoms with Crippen LogP contribution in [0, 0.1) is 0 Å². The van der Waals surface area contributed by atoms with Gasteiger partial charge in [-0.2, -0.15) is 0 Å². The maximum absolute atomic E-state index is 2.39. The van der Waals surface area contributed by atoms with Gasteiger partial charge in [-0.25, -0.2) is 0 Å². The molecule has 0 N–H and O–H groups in total. The van der Waals surface area contributed by atoms with Gasteiger partial charge in [0, 0.05) is 49.4 Å². The van der Waals surface area contributed by atoms with Crippen molar-refractivity contribution in [1.82, 2.24) is 0 Å². The standard InChI is InChI=1S/C30H40N2/c1-7-31(8-2)29-19-15-27(16-20-29)23(5)25-11-13-26(14-12-25)24(6)28-17-21-30(22-18-28)32(9-3)10-4/h11-24H,7-10H2,1-6H3. The predicted octanol–water partition coefficient (Wildman–Crippen LogP) is 7.68. The van der Waals surface area contributed by atoms with Gasteiger partial charge in [-0.15, -0.1) is 0 Å². The zero-order valence-corrected chi connectivity index (χ0v) is 20.8. The van der Waals surface area contributed by atoms with Gasteiger partial charge in [0.05, 0.1) is 0 Å². The number of anilines is 2. The van der Waals surface area contributed by atoms with Crippen molar-refractivity contribution in [2.75, 3.05) is 36.0 Å². The number of hydrogen-bond donors (Lipinski definition) is 0. The van der Waals surface area contributed by atoms with Crippen LogP contribution in [-0.2, 0) is 0 Å². The van der Waals surface area contributed by atoms with Crippen LogP contribution in [0.3, 0.4) is 0 Å². The van der Waals surface area contributed by atoms with Crippen LogP contribution in [0.2, 0.25) is 0 Å². The molecule has 0 aliphatic carbocycles. The van der Waals surface area contributed by atoms with Gasteiger partial charge in [-0.05, 0) is 74.2 Å². The van der Waals surface area contributed by atoms with Crippen molar-refractivity contribution >= 4 is 11.4 Å². The van der Waals surface area contributed by atoms with Crippen molar-refractivity contribution in [3.63, 3.8) is 0 Å². The molecule has 0 radical (unpaired) electrons. The summed E-state index contributed by atoms with van der Waals surface area (Å²) in [5.41, 5.74) is 8.09. The van der Waals surface area contributed by atoms with E-state index in [4.69, 9.17) is 0 Å². The van der Waals surface area contributed by atoms with E-state index in [2.05, 4.69) is 124 Å². The normalized spacial score (nSPS) is 12.9. The Balaban J connectivity index is 1.71. The summed E-state index contributed by atoms with van der Waals surface area (Å²) < 4.78 is 0. The van der Waals surface area contributed by atoms with E-state index in [1.807, 2.05) is 0 Å². The zero-order chi connectivity index (χ0) is 23.1. The van der Waals surface area contributed by atoms with E-state index < -0.39 is 0 Å². The predicted molar refractivity (Wildman–Crippen MR) is 141 cm³/mol. The minimum absolute atomic E-state index is 0.387. The van der Waals surface area contributed by atoms with Crippen molar-refractivity contribution < 1.29 is 0 Å². The molecule has 2 atom stereocenters. The van der Waals surface area contributed by atoms with Crippen molar-refractivity contribution in [2.45, 2.75) is 53.4 Å². The largest absolute Gasteiger partial charge is 0.372 e. The van der Waals surface area contributed by atoms with Gasteiger partial charge in [-0.1, -0.05) is 62.4 Å². The van der Waals surface area contributed by atoms with Crippen molar-refractivity contribution in [3.8, 4) is 0 Å². The van der Waals surface area contributed by atoms with Crippen LogP contribution >= 0.6 is 0 Å². The first kappa shape index (κ1) is 23.9. The Morgan fingerprint density at radius 1 is 0.438 bits per heavy atom. The molecule has 32 heavy (non-hydrogen) atoms. The van der Waals surface area contributed by atoms with Crippen LogP contribution in [0.1, 0.15) is 75.6 Å². The SMILES string of the molecule is CCN(CC)c1ccc(C(C)c2ccc(C(C)c3ccc(N(CC)CC)cc3)cc2)cc1. The van der Waals surface area contributed by atoms with Crippen molar-refractivity contribution in [2.24, 2.45) is 0 Å². The van der Waals surface area contributed by atoms with E-state index in [9.17, 15) is 0 Å². The fourth-order valence-electron chi connectivity index (χ4n) is 4.58. The highest BCUT2D eigenvalue weighted by atomic mass is 15.1. The summed E-state index contributed by atoms with van der Waals surface area (Å²) in [5, 5.41) is 0. The van der Waals surface area contributed by atoms with Crippen LogP contribution < -0.4 is 9.80 Å². The molecule has 2 heteroatoms. The third-order valence-corrected chi connectivity index (χ3v) is 6.98. The van der Waals surface area contributed by atoms with Crippen molar-refractivity contribution in [1.29, 1.82) is 0 Å². The molecule has 3 aromatic carbocycles. The van der Waals surface area contributed by atoms with Gasteiger partial charge < -0.3 is 9.80 Å². The first-order chi connectivity index (χ1) is 15.5. The number of benzene rings is 3. The molecule has 0 fully saturated rings. The van der Waals surface area contributed by atoms with Gasteiger partial charge in [0.25, 0.3) is 0 Å². The van der Waals surface area contributed by atoms with E-state index >= 15 is 0 Å². The molecule has 0 amide bonds. The molecule has 2 unspecified atom stereocenters. The molecule has 3 aromatic rings. The quantitative estimate of drug-likeness (QED) is 0.327. The van der Waals surface area contributed by atoms with Crippen LogP contribution in [0.5, 0.6) is 0 Å². The van der Waals surface area contributed by atoms with Gasteiger partial charge in [0.2, 0.25) is 0 Å². The summed E-state index contributed by atoms with van der Waals surface area (Å²) in [6.07, 6.45) is 0. The molecule has 170 valence electrons. The minimum Gasteiger partial charge on any atom is -0.372 e. The van der Waals surface area contributed by atoms with Gasteiger partial charge in [-0.3, -0.25) is 0 Å². The van der Waals surface area contributed by atoms with Gasteiger partial charge in [0.15, 0.2) is 0 Å². The van der Waals surface area contributed by atoms with Crippen molar-refractivity contribution in [3.05, 3.63) is 95.1 Å². The molecule has 0 spiro atoms. The smallest absolute Gasteiger partial charge is 0.0366 e. The van der Waals surface area contributed by atoms with Crippen LogP contribution in [0.15, 0.2) is 72.8 Å². The zero-order valence-electron chi connectivity index (χ0n) is 20.8. The van der Waals surface area contributed by atoms with Gasteiger partial charge in [0.1, 0.15) is 0 Å². The van der Waals surface area contributed by atoms with Gasteiger partial charge >= 0.3 is 0 Å². The number of rotatable bonds is 10. The maximum atomic E-state index is 2.39. The Bertz CT molecular complexity index is 853. The second-order valence-corrected chi connectivity index (χ2v) is 8.64. The highest BCUT2D eigenvalue weighted by Gasteiger charge is 2.13. The summed E-state index contributed by atoms with van der Waals surface area (Å²) in [5.74, 6) is 0.775. The Morgan fingerprint density at radius 3 is 0.875 bits per heavy atom. The molecular formula is C30H40N2. The number of nitrogens with zero attached hydrogens (tertiary/aromatic N) is 2. The maximum Gasteiger partial charge on any atom is 0.0366 e. The molecule has 0 aromatic heterocycles. The summed E-state index contributed by atoms with van der Waals surface area (Å²) in [7, 11) is 0. The highest BCUT2D eigenvalue weighted by Crippen LogP contribution is 2.30. The Kier molecular flexibility index (Phi) is 8.39. The Morgan fingerprint density at radius 2 is 0.656 bits per heavy atom. The molecular weight excluding hydrogens is 388 g/mol. The lowest BCUT2D eigenvalue weighted by molar-refractivity contribution is 0.861. The van der Waals surface area contributed by atoms with Crippen LogP contribution in [0.4, 0.5) is 11.4 Å². The monoisotopic (exact) mass is 428 g/mol. The minimum atomic E-state index is 0.387. The molecule has 0 heterocycles. The fourth-order valence-corrected chi connectivity index (χ4v) is 4.58. The molecule has 3 rings (SSSR count). The molecule has 2 nitrogen and oxygen atoms in total. The second kappa shape index (κ2) is 11.2. The lowest BCUT2D eigenvalue weighted by Gasteiger charge is -2.22. The van der Waals surface area contributed by atoms with E-state index in [0.29, 0.717) is 11.8 Å². The molecule has 0 bridgehead atoms. The second-order valence-electron chi connectivity index (χ2n) is 8.64. The third kappa shape index (κ3) is 5.35. The van der Waals surface area contributed by atoms with E-state index in [1.165, 1.54) is 33.6 Å². The average molecular weight is 429 g/mol. The Hall–Kier alpha value is -2.74. The highest BCUT2D eigenvalue weighted by molar-refractivity contribution is 5.50. The molecule has 0 saturated carbocycles. The topological polar surface area (TPSA) is 6.48 Å². The van der Waals surface area contributed by atoms with Crippen LogP contribution in [0.25, 0.3) is 0 Å². The fraction of sp³-hybridized carbons (Fsp3) is 0.400. The average Bonchev–Trinajstić information content (AvgIpc) is 2.85. The van der Waals surface area contributed by atoms with E-state index in [-0.39, 0.29) is 0 Å². The van der Waals surface area contributed by atoms with E-state index in [1.54, 1.807) is 0 Å². The number of hydrogen-bond acceptors (Lipinski definition) is 2. The molecule has 0 saturated heterocycles. The first-order valence-corrected chi connectivity index (χ1v) is 12.3. The summed E-state index contributed by atoms with van der Waals surface area (Å²) >= 11 is 0. The lowest BCUT2D eigenvalue weighted by atomic mass is 9.88. The molecule has 0 aliphatic heterocycles. The molecule has 0 aliphatic rings. The summed E-state index contributed by atoms with van der Waals surface area (Å²) in [6.45, 7) is 17.6. The Labute approximate surface area is 195 Å². The summed E-state index contributed by atoms with van der Waals surface area (Å²) in [6, 6.07) is 27.4. The van der Waals surface area contributed by atoms with E-state index in [0.717, 1.165) is 26.2 Å². The first-order valence-electron chi connectivity index (χ1n) is 12.3. The summed E-state index contributed by atoms with van der Waals surface area (Å²) in [4.78, 5) is 4.78.